The van der Waals surface area contributed by atoms with Gasteiger partial charge in [0.05, 0.1) is 11.7 Å². The topological polar surface area (TPSA) is 79.3 Å². The average Bonchev–Trinajstić information content (AvgIpc) is 3.56. The quantitative estimate of drug-likeness (QED) is 0.449. The molecule has 2 atom stereocenters. The Morgan fingerprint density at radius 2 is 1.84 bits per heavy atom. The number of benzene rings is 2. The van der Waals surface area contributed by atoms with E-state index in [-0.39, 0.29) is 29.5 Å². The molecule has 1 saturated carbocycles. The fourth-order valence-corrected chi connectivity index (χ4v) is 5.29. The molecule has 2 fully saturated rings. The van der Waals surface area contributed by atoms with E-state index in [4.69, 9.17) is 0 Å². The number of hydrogen-bond donors (Lipinski definition) is 2. The van der Waals surface area contributed by atoms with E-state index < -0.39 is 0 Å². The Balaban J connectivity index is 1.46. The van der Waals surface area contributed by atoms with Crippen LogP contribution in [0, 0.1) is 19.8 Å². The van der Waals surface area contributed by atoms with E-state index in [2.05, 4.69) is 52.6 Å². The number of carbonyl (C=O) groups is 1. The van der Waals surface area contributed by atoms with E-state index in [0.717, 1.165) is 38.0 Å². The fourth-order valence-electron chi connectivity index (χ4n) is 5.29. The van der Waals surface area contributed by atoms with Crippen molar-refractivity contribution < 1.29 is 4.79 Å². The molecule has 1 amide bonds. The van der Waals surface area contributed by atoms with E-state index in [9.17, 15) is 9.59 Å². The zero-order valence-electron chi connectivity index (χ0n) is 22.0. The molecule has 0 spiro atoms. The third-order valence-corrected chi connectivity index (χ3v) is 7.61. The molecule has 2 N–H and O–H groups in total. The number of aryl methyl sites for hydroxylation is 2. The lowest BCUT2D eigenvalue weighted by molar-refractivity contribution is 0.0951. The van der Waals surface area contributed by atoms with Crippen molar-refractivity contribution in [3.63, 3.8) is 0 Å². The van der Waals surface area contributed by atoms with Gasteiger partial charge in [-0.1, -0.05) is 37.3 Å². The summed E-state index contributed by atoms with van der Waals surface area (Å²) in [5, 5.41) is 6.56. The lowest BCUT2D eigenvalue weighted by Gasteiger charge is -2.30. The van der Waals surface area contributed by atoms with Crippen LogP contribution in [-0.4, -0.2) is 46.0 Å². The van der Waals surface area contributed by atoms with Crippen LogP contribution in [0.15, 0.2) is 59.7 Å². The molecule has 1 aliphatic heterocycles. The summed E-state index contributed by atoms with van der Waals surface area (Å²) < 4.78 is 1.60. The minimum Gasteiger partial charge on any atom is -0.358 e. The van der Waals surface area contributed by atoms with Gasteiger partial charge in [-0.2, -0.15) is 0 Å². The molecule has 0 bridgehead atoms. The van der Waals surface area contributed by atoms with E-state index in [1.165, 1.54) is 24.0 Å². The fraction of sp³-hybridized carbons (Fsp3) is 0.433. The summed E-state index contributed by atoms with van der Waals surface area (Å²) in [6.45, 7) is 9.54. The molecule has 7 nitrogen and oxygen atoms in total. The second kappa shape index (κ2) is 10.9. The first-order valence-corrected chi connectivity index (χ1v) is 13.4. The lowest BCUT2D eigenvalue weighted by atomic mass is 9.91. The Hall–Kier alpha value is -3.45. The van der Waals surface area contributed by atoms with Crippen LogP contribution >= 0.6 is 0 Å². The molecule has 1 aromatic heterocycles. The number of likely N-dealkylation sites (tertiary alicyclic amines) is 1. The Morgan fingerprint density at radius 3 is 2.57 bits per heavy atom. The highest BCUT2D eigenvalue weighted by Gasteiger charge is 2.26. The van der Waals surface area contributed by atoms with Crippen molar-refractivity contribution in [2.75, 3.05) is 25.0 Å². The predicted octanol–water partition coefficient (Wildman–Crippen LogP) is 4.63. The van der Waals surface area contributed by atoms with Crippen LogP contribution in [0.1, 0.15) is 65.7 Å². The first kappa shape index (κ1) is 25.2. The van der Waals surface area contributed by atoms with Crippen molar-refractivity contribution in [1.82, 2.24) is 19.8 Å². The molecule has 37 heavy (non-hydrogen) atoms. The lowest BCUT2D eigenvalue weighted by Crippen LogP contribution is -2.34. The molecule has 0 radical (unpaired) electrons. The monoisotopic (exact) mass is 499 g/mol. The van der Waals surface area contributed by atoms with Crippen LogP contribution < -0.4 is 16.2 Å². The summed E-state index contributed by atoms with van der Waals surface area (Å²) in [6, 6.07) is 14.1. The van der Waals surface area contributed by atoms with Crippen LogP contribution in [0.25, 0.3) is 5.69 Å². The first-order chi connectivity index (χ1) is 17.9. The zero-order valence-corrected chi connectivity index (χ0v) is 22.0. The van der Waals surface area contributed by atoms with E-state index in [0.29, 0.717) is 17.1 Å². The molecular formula is C30H37N5O2. The number of nitrogens with zero attached hydrogens (tertiary/aromatic N) is 3. The molecule has 194 valence electrons. The molecule has 2 heterocycles. The predicted molar refractivity (Wildman–Crippen MR) is 147 cm³/mol. The molecule has 2 aliphatic rings. The molecule has 0 unspecified atom stereocenters. The van der Waals surface area contributed by atoms with Gasteiger partial charge in [0.25, 0.3) is 11.5 Å². The number of carbonyl (C=O) groups excluding carboxylic acids is 1. The largest absolute Gasteiger partial charge is 0.358 e. The van der Waals surface area contributed by atoms with Gasteiger partial charge < -0.3 is 15.5 Å². The van der Waals surface area contributed by atoms with Crippen LogP contribution in [0.5, 0.6) is 0 Å². The Labute approximate surface area is 218 Å². The minimum atomic E-state index is -0.225. The first-order valence-electron chi connectivity index (χ1n) is 13.4. The van der Waals surface area contributed by atoms with E-state index in [1.54, 1.807) is 23.0 Å². The standard InChI is InChI=1S/C30H37N5O2/c1-20-8-4-5-9-25(20)27(22(3)19-34-15-6-7-16-34)33-28-30(37)35(17-14-31-28)26-18-23(11-10-21(26)2)29(36)32-24-12-13-24/h4-5,8-11,14,17-18,22,24,27H,6-7,12-13,15-16,19H2,1-3H3,(H,31,33)(H,32,36)/t22-,27-/m1/s1. The SMILES string of the molecule is Cc1ccccc1[C@H](Nc1nccn(-c2cc(C(=O)NC3CC3)ccc2C)c1=O)[C@H](C)CN1CCCC1. The number of aromatic nitrogens is 2. The summed E-state index contributed by atoms with van der Waals surface area (Å²) in [5.74, 6) is 0.487. The maximum Gasteiger partial charge on any atom is 0.297 e. The smallest absolute Gasteiger partial charge is 0.297 e. The number of nitrogens with one attached hydrogen (secondary N) is 2. The Bertz CT molecular complexity index is 1320. The number of rotatable bonds is 9. The Morgan fingerprint density at radius 1 is 1.08 bits per heavy atom. The Kier molecular flexibility index (Phi) is 7.42. The summed E-state index contributed by atoms with van der Waals surface area (Å²) in [5.41, 5.74) is 4.31. The third-order valence-electron chi connectivity index (χ3n) is 7.61. The van der Waals surface area contributed by atoms with Gasteiger partial charge in [0.2, 0.25) is 0 Å². The van der Waals surface area contributed by atoms with Gasteiger partial charge in [0.1, 0.15) is 0 Å². The zero-order chi connectivity index (χ0) is 25.9. The van der Waals surface area contributed by atoms with Crippen molar-refractivity contribution in [2.24, 2.45) is 5.92 Å². The van der Waals surface area contributed by atoms with Gasteiger partial charge in [-0.3, -0.25) is 14.2 Å². The normalized spacial score (nSPS) is 17.4. The molecule has 1 aliphatic carbocycles. The van der Waals surface area contributed by atoms with Crippen LogP contribution in [0.3, 0.4) is 0 Å². The number of amides is 1. The van der Waals surface area contributed by atoms with E-state index in [1.807, 2.05) is 25.1 Å². The maximum absolute atomic E-state index is 13.7. The highest BCUT2D eigenvalue weighted by molar-refractivity contribution is 5.95. The van der Waals surface area contributed by atoms with Crippen molar-refractivity contribution in [2.45, 2.75) is 58.5 Å². The van der Waals surface area contributed by atoms with Crippen LogP contribution in [-0.2, 0) is 0 Å². The van der Waals surface area contributed by atoms with Gasteiger partial charge in [-0.25, -0.2) is 4.98 Å². The van der Waals surface area contributed by atoms with E-state index >= 15 is 0 Å². The van der Waals surface area contributed by atoms with Crippen molar-refractivity contribution in [1.29, 1.82) is 0 Å². The molecule has 2 aromatic carbocycles. The van der Waals surface area contributed by atoms with Gasteiger partial charge in [-0.05, 0) is 87.4 Å². The van der Waals surface area contributed by atoms with Gasteiger partial charge in [0.15, 0.2) is 5.82 Å². The third kappa shape index (κ3) is 5.77. The molecule has 1 saturated heterocycles. The molecular weight excluding hydrogens is 462 g/mol. The minimum absolute atomic E-state index is 0.0606. The summed E-state index contributed by atoms with van der Waals surface area (Å²) in [7, 11) is 0. The molecule has 3 aromatic rings. The summed E-state index contributed by atoms with van der Waals surface area (Å²) in [4.78, 5) is 33.4. The average molecular weight is 500 g/mol. The second-order valence-corrected chi connectivity index (χ2v) is 10.7. The second-order valence-electron chi connectivity index (χ2n) is 10.7. The van der Waals surface area contributed by atoms with Crippen LogP contribution in [0.2, 0.25) is 0 Å². The summed E-state index contributed by atoms with van der Waals surface area (Å²) >= 11 is 0. The van der Waals surface area contributed by atoms with Gasteiger partial charge >= 0.3 is 0 Å². The maximum atomic E-state index is 13.7. The number of anilines is 1. The van der Waals surface area contributed by atoms with Gasteiger partial charge in [0, 0.05) is 30.5 Å². The summed E-state index contributed by atoms with van der Waals surface area (Å²) in [6.07, 6.45) is 7.88. The molecule has 7 heteroatoms. The van der Waals surface area contributed by atoms with Crippen molar-refractivity contribution >= 4 is 11.7 Å². The van der Waals surface area contributed by atoms with Crippen molar-refractivity contribution in [3.8, 4) is 5.69 Å². The molecule has 5 rings (SSSR count). The number of hydrogen-bond acceptors (Lipinski definition) is 5. The highest BCUT2D eigenvalue weighted by atomic mass is 16.2. The highest BCUT2D eigenvalue weighted by Crippen LogP contribution is 2.29. The van der Waals surface area contributed by atoms with Gasteiger partial charge in [-0.15, -0.1) is 0 Å². The van der Waals surface area contributed by atoms with Crippen molar-refractivity contribution in [3.05, 3.63) is 87.5 Å². The van der Waals surface area contributed by atoms with Crippen LogP contribution in [0.4, 0.5) is 5.82 Å².